The number of hydrogen-bond acceptors (Lipinski definition) is 4. The zero-order valence-corrected chi connectivity index (χ0v) is 15.2. The molecule has 1 saturated heterocycles. The van der Waals surface area contributed by atoms with Crippen molar-refractivity contribution in [3.8, 4) is 17.2 Å². The minimum atomic E-state index is 0.0658. The highest BCUT2D eigenvalue weighted by atomic mass is 16.7. The smallest absolute Gasteiger partial charge is 0.254 e. The highest BCUT2D eigenvalue weighted by molar-refractivity contribution is 5.95. The van der Waals surface area contributed by atoms with E-state index < -0.39 is 0 Å². The number of amides is 1. The Labute approximate surface area is 153 Å². The molecular formula is C21H23NO4. The van der Waals surface area contributed by atoms with Crippen LogP contribution in [0.3, 0.4) is 0 Å². The molecule has 4 rings (SSSR count). The number of carbonyl (C=O) groups excluding carboxylic acids is 1. The molecule has 0 aromatic heterocycles. The van der Waals surface area contributed by atoms with E-state index in [9.17, 15) is 4.79 Å². The van der Waals surface area contributed by atoms with Crippen LogP contribution in [0.2, 0.25) is 0 Å². The van der Waals surface area contributed by atoms with E-state index in [-0.39, 0.29) is 18.7 Å². The summed E-state index contributed by atoms with van der Waals surface area (Å²) < 4.78 is 16.1. The fourth-order valence-electron chi connectivity index (χ4n) is 3.85. The second-order valence-corrected chi connectivity index (χ2v) is 6.87. The van der Waals surface area contributed by atoms with E-state index in [2.05, 4.69) is 12.1 Å². The van der Waals surface area contributed by atoms with Gasteiger partial charge in [-0.05, 0) is 61.6 Å². The monoisotopic (exact) mass is 353 g/mol. The van der Waals surface area contributed by atoms with Crippen LogP contribution in [0.1, 0.15) is 34.3 Å². The fraction of sp³-hybridized carbons (Fsp3) is 0.381. The van der Waals surface area contributed by atoms with Gasteiger partial charge < -0.3 is 19.1 Å². The molecule has 1 unspecified atom stereocenters. The molecule has 5 heteroatoms. The number of aryl methyl sites for hydroxylation is 1. The van der Waals surface area contributed by atoms with Crippen LogP contribution in [0.25, 0.3) is 0 Å². The van der Waals surface area contributed by atoms with Gasteiger partial charge in [-0.15, -0.1) is 0 Å². The molecule has 2 heterocycles. The lowest BCUT2D eigenvalue weighted by atomic mass is 10.0. The third kappa shape index (κ3) is 3.09. The van der Waals surface area contributed by atoms with Crippen LogP contribution in [-0.2, 0) is 6.42 Å². The molecule has 136 valence electrons. The molecule has 2 aromatic rings. The number of methoxy groups -OCH3 is 1. The van der Waals surface area contributed by atoms with E-state index in [1.54, 1.807) is 13.2 Å². The van der Waals surface area contributed by atoms with Crippen molar-refractivity contribution in [1.29, 1.82) is 0 Å². The van der Waals surface area contributed by atoms with Crippen molar-refractivity contribution < 1.29 is 19.0 Å². The van der Waals surface area contributed by atoms with Gasteiger partial charge in [0.25, 0.3) is 5.91 Å². The topological polar surface area (TPSA) is 48.0 Å². The van der Waals surface area contributed by atoms with Crippen molar-refractivity contribution in [2.45, 2.75) is 32.2 Å². The van der Waals surface area contributed by atoms with Gasteiger partial charge >= 0.3 is 0 Å². The van der Waals surface area contributed by atoms with Crippen molar-refractivity contribution in [1.82, 2.24) is 4.90 Å². The van der Waals surface area contributed by atoms with Crippen molar-refractivity contribution in [2.75, 3.05) is 20.4 Å². The van der Waals surface area contributed by atoms with E-state index >= 15 is 0 Å². The predicted octanol–water partition coefficient (Wildman–Crippen LogP) is 3.58. The molecule has 2 aliphatic heterocycles. The number of nitrogens with zero attached hydrogens (tertiary/aromatic N) is 1. The van der Waals surface area contributed by atoms with Crippen LogP contribution in [0.15, 0.2) is 36.4 Å². The molecule has 0 saturated carbocycles. The van der Waals surface area contributed by atoms with Crippen LogP contribution in [-0.4, -0.2) is 37.3 Å². The van der Waals surface area contributed by atoms with Crippen molar-refractivity contribution in [2.24, 2.45) is 0 Å². The Morgan fingerprint density at radius 3 is 2.85 bits per heavy atom. The summed E-state index contributed by atoms with van der Waals surface area (Å²) >= 11 is 0. The normalized spacial score (nSPS) is 18.2. The molecule has 1 amide bonds. The van der Waals surface area contributed by atoms with Crippen molar-refractivity contribution >= 4 is 5.91 Å². The zero-order valence-electron chi connectivity index (χ0n) is 15.2. The van der Waals surface area contributed by atoms with Gasteiger partial charge in [0.05, 0.1) is 7.11 Å². The molecular weight excluding hydrogens is 330 g/mol. The summed E-state index contributed by atoms with van der Waals surface area (Å²) in [4.78, 5) is 15.0. The fourth-order valence-corrected chi connectivity index (χ4v) is 3.85. The summed E-state index contributed by atoms with van der Waals surface area (Å²) in [6.45, 7) is 3.07. The maximum atomic E-state index is 13.0. The van der Waals surface area contributed by atoms with Crippen LogP contribution in [0.4, 0.5) is 0 Å². The lowest BCUT2D eigenvalue weighted by Gasteiger charge is -2.25. The van der Waals surface area contributed by atoms with Crippen LogP contribution in [0.5, 0.6) is 17.2 Å². The van der Waals surface area contributed by atoms with E-state index in [0.29, 0.717) is 17.1 Å². The van der Waals surface area contributed by atoms with Gasteiger partial charge in [0, 0.05) is 18.2 Å². The first-order valence-corrected chi connectivity index (χ1v) is 9.00. The summed E-state index contributed by atoms with van der Waals surface area (Å²) in [6.07, 6.45) is 2.93. The van der Waals surface area contributed by atoms with Gasteiger partial charge in [0.1, 0.15) is 5.75 Å². The molecule has 2 aromatic carbocycles. The lowest BCUT2D eigenvalue weighted by molar-refractivity contribution is 0.0736. The minimum absolute atomic E-state index is 0.0658. The number of carbonyl (C=O) groups is 1. The number of benzene rings is 2. The summed E-state index contributed by atoms with van der Waals surface area (Å²) in [7, 11) is 1.69. The number of ether oxygens (including phenoxy) is 3. The predicted molar refractivity (Wildman–Crippen MR) is 98.1 cm³/mol. The molecule has 2 aliphatic rings. The molecule has 0 aliphatic carbocycles. The second kappa shape index (κ2) is 6.90. The molecule has 0 N–H and O–H groups in total. The number of fused-ring (bicyclic) bond motifs is 1. The first kappa shape index (κ1) is 16.8. The average molecular weight is 353 g/mol. The number of likely N-dealkylation sites (tertiary alicyclic amines) is 1. The molecule has 26 heavy (non-hydrogen) atoms. The van der Waals surface area contributed by atoms with Gasteiger partial charge in [-0.3, -0.25) is 4.79 Å². The largest absolute Gasteiger partial charge is 0.496 e. The van der Waals surface area contributed by atoms with Crippen LogP contribution < -0.4 is 14.2 Å². The highest BCUT2D eigenvalue weighted by Crippen LogP contribution is 2.34. The Balaban J connectivity index is 1.51. The summed E-state index contributed by atoms with van der Waals surface area (Å²) in [5, 5.41) is 0. The van der Waals surface area contributed by atoms with Crippen molar-refractivity contribution in [3.05, 3.63) is 53.1 Å². The summed E-state index contributed by atoms with van der Waals surface area (Å²) in [6, 6.07) is 11.9. The minimum Gasteiger partial charge on any atom is -0.496 e. The standard InChI is InChI=1S/C21H23NO4/c1-14-10-15(5-7-18(14)24-2)11-17-4-3-9-22(17)21(23)16-6-8-19-20(12-16)26-13-25-19/h5-8,10,12,17H,3-4,9,11,13H2,1-2H3. The highest BCUT2D eigenvalue weighted by Gasteiger charge is 2.30. The molecule has 1 atom stereocenters. The molecule has 0 bridgehead atoms. The van der Waals surface area contributed by atoms with Gasteiger partial charge in [-0.1, -0.05) is 12.1 Å². The Hall–Kier alpha value is -2.69. The van der Waals surface area contributed by atoms with Gasteiger partial charge in [-0.2, -0.15) is 0 Å². The van der Waals surface area contributed by atoms with Crippen molar-refractivity contribution in [3.63, 3.8) is 0 Å². The van der Waals surface area contributed by atoms with Gasteiger partial charge in [-0.25, -0.2) is 0 Å². The molecule has 5 nitrogen and oxygen atoms in total. The lowest BCUT2D eigenvalue weighted by Crippen LogP contribution is -2.36. The van der Waals surface area contributed by atoms with E-state index in [1.807, 2.05) is 30.0 Å². The average Bonchev–Trinajstić information content (AvgIpc) is 3.29. The van der Waals surface area contributed by atoms with E-state index in [1.165, 1.54) is 5.56 Å². The van der Waals surface area contributed by atoms with E-state index in [4.69, 9.17) is 14.2 Å². The summed E-state index contributed by atoms with van der Waals surface area (Å²) in [5.41, 5.74) is 3.02. The Bertz CT molecular complexity index is 833. The maximum absolute atomic E-state index is 13.0. The third-order valence-electron chi connectivity index (χ3n) is 5.19. The van der Waals surface area contributed by atoms with Gasteiger partial charge in [0.15, 0.2) is 11.5 Å². The first-order chi connectivity index (χ1) is 12.7. The Morgan fingerprint density at radius 1 is 1.19 bits per heavy atom. The molecule has 1 fully saturated rings. The Kier molecular flexibility index (Phi) is 4.45. The molecule has 0 radical (unpaired) electrons. The number of rotatable bonds is 4. The van der Waals surface area contributed by atoms with E-state index in [0.717, 1.165) is 37.1 Å². The second-order valence-electron chi connectivity index (χ2n) is 6.87. The maximum Gasteiger partial charge on any atom is 0.254 e. The quantitative estimate of drug-likeness (QED) is 0.843. The first-order valence-electron chi connectivity index (χ1n) is 9.00. The number of hydrogen-bond donors (Lipinski definition) is 0. The third-order valence-corrected chi connectivity index (χ3v) is 5.19. The Morgan fingerprint density at radius 2 is 2.04 bits per heavy atom. The van der Waals surface area contributed by atoms with Crippen LogP contribution in [0, 0.1) is 6.92 Å². The SMILES string of the molecule is COc1ccc(CC2CCCN2C(=O)c2ccc3c(c2)OCO3)cc1C. The summed E-state index contributed by atoms with van der Waals surface area (Å²) in [5.74, 6) is 2.31. The zero-order chi connectivity index (χ0) is 18.1. The van der Waals surface area contributed by atoms with Crippen LogP contribution >= 0.6 is 0 Å². The molecule has 0 spiro atoms. The van der Waals surface area contributed by atoms with Gasteiger partial charge in [0.2, 0.25) is 6.79 Å².